The van der Waals surface area contributed by atoms with Gasteiger partial charge < -0.3 is 10.1 Å². The van der Waals surface area contributed by atoms with Crippen LogP contribution < -0.4 is 5.32 Å². The van der Waals surface area contributed by atoms with Crippen molar-refractivity contribution in [2.45, 2.75) is 33.1 Å². The summed E-state index contributed by atoms with van der Waals surface area (Å²) in [5, 5.41) is 6.98. The second kappa shape index (κ2) is 5.44. The standard InChI is InChI=1S/C11H17N3O2/c1-4-9-10(7-14(3)13-9)12-11(16)6-5-8(2)15/h7H,4-6H2,1-3H3,(H,12,16). The number of ketones is 1. The lowest BCUT2D eigenvalue weighted by atomic mass is 10.2. The van der Waals surface area contributed by atoms with Gasteiger partial charge >= 0.3 is 0 Å². The summed E-state index contributed by atoms with van der Waals surface area (Å²) in [6.45, 7) is 3.46. The Labute approximate surface area is 94.8 Å². The molecule has 0 atom stereocenters. The summed E-state index contributed by atoms with van der Waals surface area (Å²) in [6, 6.07) is 0. The molecule has 1 N–H and O–H groups in total. The van der Waals surface area contributed by atoms with E-state index >= 15 is 0 Å². The Morgan fingerprint density at radius 3 is 2.69 bits per heavy atom. The summed E-state index contributed by atoms with van der Waals surface area (Å²) in [7, 11) is 1.81. The van der Waals surface area contributed by atoms with Crippen LogP contribution in [0, 0.1) is 0 Å². The molecule has 1 rings (SSSR count). The summed E-state index contributed by atoms with van der Waals surface area (Å²) in [5.41, 5.74) is 1.59. The van der Waals surface area contributed by atoms with Crippen molar-refractivity contribution < 1.29 is 9.59 Å². The van der Waals surface area contributed by atoms with Gasteiger partial charge in [0.25, 0.3) is 0 Å². The van der Waals surface area contributed by atoms with E-state index in [1.807, 2.05) is 14.0 Å². The van der Waals surface area contributed by atoms with E-state index in [0.29, 0.717) is 0 Å². The number of nitrogens with zero attached hydrogens (tertiary/aromatic N) is 2. The number of rotatable bonds is 5. The fourth-order valence-corrected chi connectivity index (χ4v) is 1.40. The minimum Gasteiger partial charge on any atom is -0.323 e. The Hall–Kier alpha value is -1.65. The van der Waals surface area contributed by atoms with E-state index in [1.54, 1.807) is 10.9 Å². The second-order valence-electron chi connectivity index (χ2n) is 3.77. The summed E-state index contributed by atoms with van der Waals surface area (Å²) in [4.78, 5) is 22.2. The van der Waals surface area contributed by atoms with E-state index in [1.165, 1.54) is 6.92 Å². The smallest absolute Gasteiger partial charge is 0.224 e. The van der Waals surface area contributed by atoms with Crippen LogP contribution in [0.1, 0.15) is 32.4 Å². The van der Waals surface area contributed by atoms with Gasteiger partial charge in [0.2, 0.25) is 5.91 Å². The highest BCUT2D eigenvalue weighted by atomic mass is 16.2. The van der Waals surface area contributed by atoms with Gasteiger partial charge in [-0.15, -0.1) is 0 Å². The molecule has 0 aliphatic heterocycles. The molecule has 16 heavy (non-hydrogen) atoms. The highest BCUT2D eigenvalue weighted by Gasteiger charge is 2.09. The van der Waals surface area contributed by atoms with Crippen molar-refractivity contribution >= 4 is 17.4 Å². The maximum Gasteiger partial charge on any atom is 0.224 e. The number of aryl methyl sites for hydroxylation is 2. The third-order valence-corrected chi connectivity index (χ3v) is 2.22. The molecule has 0 aromatic carbocycles. The third kappa shape index (κ3) is 3.49. The molecular weight excluding hydrogens is 206 g/mol. The zero-order valence-corrected chi connectivity index (χ0v) is 9.91. The van der Waals surface area contributed by atoms with Gasteiger partial charge in [0.1, 0.15) is 5.78 Å². The molecule has 5 nitrogen and oxygen atoms in total. The van der Waals surface area contributed by atoms with Gasteiger partial charge in [0.05, 0.1) is 11.4 Å². The van der Waals surface area contributed by atoms with Crippen molar-refractivity contribution in [3.63, 3.8) is 0 Å². The number of amides is 1. The lowest BCUT2D eigenvalue weighted by molar-refractivity contribution is -0.121. The minimum absolute atomic E-state index is 0.0250. The number of anilines is 1. The number of carbonyl (C=O) groups is 2. The molecule has 0 saturated carbocycles. The molecule has 0 unspecified atom stereocenters. The maximum absolute atomic E-state index is 11.5. The van der Waals surface area contributed by atoms with Gasteiger partial charge in [-0.3, -0.25) is 9.48 Å². The van der Waals surface area contributed by atoms with Crippen LogP contribution in [0.15, 0.2) is 6.20 Å². The van der Waals surface area contributed by atoms with E-state index in [-0.39, 0.29) is 24.5 Å². The van der Waals surface area contributed by atoms with Crippen molar-refractivity contribution in [2.75, 3.05) is 5.32 Å². The van der Waals surface area contributed by atoms with Crippen molar-refractivity contribution in [3.05, 3.63) is 11.9 Å². The molecule has 1 aromatic heterocycles. The molecule has 0 fully saturated rings. The number of nitrogens with one attached hydrogen (secondary N) is 1. The first-order valence-electron chi connectivity index (χ1n) is 5.34. The summed E-state index contributed by atoms with van der Waals surface area (Å²) >= 11 is 0. The molecule has 0 aliphatic rings. The quantitative estimate of drug-likeness (QED) is 0.818. The van der Waals surface area contributed by atoms with Crippen molar-refractivity contribution in [2.24, 2.45) is 7.05 Å². The summed E-state index contributed by atoms with van der Waals surface area (Å²) < 4.78 is 1.67. The fourth-order valence-electron chi connectivity index (χ4n) is 1.40. The number of Topliss-reactive ketones (excluding diaryl/α,β-unsaturated/α-hetero) is 1. The highest BCUT2D eigenvalue weighted by Crippen LogP contribution is 2.14. The summed E-state index contributed by atoms with van der Waals surface area (Å²) in [6.07, 6.45) is 3.05. The molecule has 1 heterocycles. The molecule has 0 radical (unpaired) electrons. The maximum atomic E-state index is 11.5. The monoisotopic (exact) mass is 223 g/mol. The minimum atomic E-state index is -0.141. The lowest BCUT2D eigenvalue weighted by Gasteiger charge is -2.02. The van der Waals surface area contributed by atoms with Gasteiger partial charge in [0.15, 0.2) is 0 Å². The molecule has 0 aliphatic carbocycles. The molecular formula is C11H17N3O2. The van der Waals surface area contributed by atoms with Crippen LogP contribution in [-0.4, -0.2) is 21.5 Å². The fraction of sp³-hybridized carbons (Fsp3) is 0.545. The number of carbonyl (C=O) groups excluding carboxylic acids is 2. The van der Waals surface area contributed by atoms with E-state index in [2.05, 4.69) is 10.4 Å². The normalized spacial score (nSPS) is 10.2. The zero-order valence-electron chi connectivity index (χ0n) is 9.91. The zero-order chi connectivity index (χ0) is 12.1. The SMILES string of the molecule is CCc1nn(C)cc1NC(=O)CCC(C)=O. The van der Waals surface area contributed by atoms with Crippen LogP contribution in [-0.2, 0) is 23.1 Å². The van der Waals surface area contributed by atoms with Crippen LogP contribution in [0.25, 0.3) is 0 Å². The summed E-state index contributed by atoms with van der Waals surface area (Å²) in [5.74, 6) is -0.116. The predicted octanol–water partition coefficient (Wildman–Crippen LogP) is 1.29. The molecule has 1 aromatic rings. The number of hydrogen-bond acceptors (Lipinski definition) is 3. The average molecular weight is 223 g/mol. The van der Waals surface area contributed by atoms with Gasteiger partial charge in [-0.2, -0.15) is 5.10 Å². The molecule has 88 valence electrons. The van der Waals surface area contributed by atoms with Crippen molar-refractivity contribution in [3.8, 4) is 0 Å². The van der Waals surface area contributed by atoms with Crippen LogP contribution in [0.4, 0.5) is 5.69 Å². The van der Waals surface area contributed by atoms with Crippen LogP contribution >= 0.6 is 0 Å². The van der Waals surface area contributed by atoms with Crippen LogP contribution in [0.2, 0.25) is 0 Å². The molecule has 0 spiro atoms. The topological polar surface area (TPSA) is 64.0 Å². The highest BCUT2D eigenvalue weighted by molar-refractivity contribution is 5.93. The van der Waals surface area contributed by atoms with E-state index in [9.17, 15) is 9.59 Å². The van der Waals surface area contributed by atoms with Crippen LogP contribution in [0.3, 0.4) is 0 Å². The predicted molar refractivity (Wildman–Crippen MR) is 61.1 cm³/mol. The van der Waals surface area contributed by atoms with E-state index in [4.69, 9.17) is 0 Å². The van der Waals surface area contributed by atoms with Gasteiger partial charge in [-0.1, -0.05) is 6.92 Å². The first-order chi connectivity index (χ1) is 7.52. The second-order valence-corrected chi connectivity index (χ2v) is 3.77. The molecule has 1 amide bonds. The Balaban J connectivity index is 2.58. The average Bonchev–Trinajstić information content (AvgIpc) is 2.55. The van der Waals surface area contributed by atoms with Crippen LogP contribution in [0.5, 0.6) is 0 Å². The largest absolute Gasteiger partial charge is 0.323 e. The number of aromatic nitrogens is 2. The van der Waals surface area contributed by atoms with Gasteiger partial charge in [-0.25, -0.2) is 0 Å². The van der Waals surface area contributed by atoms with E-state index < -0.39 is 0 Å². The Bertz CT molecular complexity index is 396. The first-order valence-corrected chi connectivity index (χ1v) is 5.34. The van der Waals surface area contributed by atoms with Gasteiger partial charge in [0, 0.05) is 26.1 Å². The van der Waals surface area contributed by atoms with E-state index in [0.717, 1.165) is 17.8 Å². The molecule has 0 bridgehead atoms. The molecule has 0 saturated heterocycles. The van der Waals surface area contributed by atoms with Crippen molar-refractivity contribution in [1.82, 2.24) is 9.78 Å². The van der Waals surface area contributed by atoms with Crippen molar-refractivity contribution in [1.29, 1.82) is 0 Å². The third-order valence-electron chi connectivity index (χ3n) is 2.22. The Morgan fingerprint density at radius 1 is 1.44 bits per heavy atom. The Morgan fingerprint density at radius 2 is 2.12 bits per heavy atom. The first kappa shape index (κ1) is 12.4. The lowest BCUT2D eigenvalue weighted by Crippen LogP contribution is -2.13. The molecule has 5 heteroatoms. The van der Waals surface area contributed by atoms with Gasteiger partial charge in [-0.05, 0) is 13.3 Å². The Kier molecular flexibility index (Phi) is 4.22. The number of hydrogen-bond donors (Lipinski definition) is 1.